The van der Waals surface area contributed by atoms with Gasteiger partial charge in [0, 0.05) is 25.2 Å². The monoisotopic (exact) mass is 268 g/mol. The molecule has 1 saturated heterocycles. The van der Waals surface area contributed by atoms with Gasteiger partial charge in [0.15, 0.2) is 0 Å². The van der Waals surface area contributed by atoms with Crippen molar-refractivity contribution in [1.82, 2.24) is 10.2 Å². The molecule has 2 rings (SSSR count). The summed E-state index contributed by atoms with van der Waals surface area (Å²) in [6, 6.07) is 1.53. The topological polar surface area (TPSA) is 35.5 Å². The fourth-order valence-corrected chi connectivity index (χ4v) is 3.63. The first-order chi connectivity index (χ1) is 9.19. The third-order valence-corrected chi connectivity index (χ3v) is 5.02. The molecular formula is C16H32N2O. The van der Waals surface area contributed by atoms with E-state index in [1.807, 2.05) is 0 Å². The zero-order valence-electron chi connectivity index (χ0n) is 12.8. The Labute approximate surface area is 118 Å². The van der Waals surface area contributed by atoms with Crippen molar-refractivity contribution in [3.05, 3.63) is 0 Å². The van der Waals surface area contributed by atoms with Crippen molar-refractivity contribution in [1.29, 1.82) is 0 Å². The molecule has 3 atom stereocenters. The minimum atomic E-state index is 0.297. The maximum Gasteiger partial charge on any atom is 0.0468 e. The van der Waals surface area contributed by atoms with Crippen molar-refractivity contribution in [2.75, 3.05) is 26.2 Å². The quantitative estimate of drug-likeness (QED) is 0.803. The molecule has 0 aromatic rings. The Bertz CT molecular complexity index is 251. The molecule has 0 aromatic heterocycles. The third-order valence-electron chi connectivity index (χ3n) is 5.02. The Morgan fingerprint density at radius 3 is 2.58 bits per heavy atom. The van der Waals surface area contributed by atoms with E-state index < -0.39 is 0 Å². The van der Waals surface area contributed by atoms with Gasteiger partial charge in [0.1, 0.15) is 0 Å². The highest BCUT2D eigenvalue weighted by molar-refractivity contribution is 4.84. The molecule has 2 fully saturated rings. The SMILES string of the molecule is CC(CO)CNC1CCN(C2CCCC(C)C2)CC1. The molecule has 3 nitrogen and oxygen atoms in total. The van der Waals surface area contributed by atoms with E-state index in [1.54, 1.807) is 0 Å². The van der Waals surface area contributed by atoms with Gasteiger partial charge in [-0.15, -0.1) is 0 Å². The lowest BCUT2D eigenvalue weighted by Crippen LogP contribution is -2.48. The first-order valence-electron chi connectivity index (χ1n) is 8.27. The van der Waals surface area contributed by atoms with Crippen molar-refractivity contribution in [2.45, 2.75) is 64.5 Å². The summed E-state index contributed by atoms with van der Waals surface area (Å²) in [6.07, 6.45) is 8.27. The zero-order chi connectivity index (χ0) is 13.7. The standard InChI is InChI=1S/C16H32N2O/c1-13-4-3-5-16(10-13)18-8-6-15(7-9-18)17-11-14(2)12-19/h13-17,19H,3-12H2,1-2H3. The lowest BCUT2D eigenvalue weighted by molar-refractivity contribution is 0.0988. The molecular weight excluding hydrogens is 236 g/mol. The van der Waals surface area contributed by atoms with E-state index in [2.05, 4.69) is 24.1 Å². The summed E-state index contributed by atoms with van der Waals surface area (Å²) in [5.41, 5.74) is 0. The van der Waals surface area contributed by atoms with Crippen LogP contribution in [0.5, 0.6) is 0 Å². The fourth-order valence-electron chi connectivity index (χ4n) is 3.63. The molecule has 0 amide bonds. The Morgan fingerprint density at radius 2 is 1.95 bits per heavy atom. The van der Waals surface area contributed by atoms with E-state index in [-0.39, 0.29) is 0 Å². The van der Waals surface area contributed by atoms with Crippen LogP contribution in [0, 0.1) is 11.8 Å². The minimum Gasteiger partial charge on any atom is -0.396 e. The second-order valence-electron chi connectivity index (χ2n) is 6.93. The van der Waals surface area contributed by atoms with Gasteiger partial charge in [0.25, 0.3) is 0 Å². The molecule has 0 bridgehead atoms. The molecule has 3 unspecified atom stereocenters. The normalized spacial score (nSPS) is 32.4. The second-order valence-corrected chi connectivity index (χ2v) is 6.93. The van der Waals surface area contributed by atoms with Crippen LogP contribution in [0.1, 0.15) is 52.4 Å². The first-order valence-corrected chi connectivity index (χ1v) is 8.27. The predicted molar refractivity (Wildman–Crippen MR) is 80.3 cm³/mol. The van der Waals surface area contributed by atoms with Crippen molar-refractivity contribution in [3.8, 4) is 0 Å². The molecule has 3 heteroatoms. The number of hydrogen-bond acceptors (Lipinski definition) is 3. The number of aliphatic hydroxyl groups excluding tert-OH is 1. The van der Waals surface area contributed by atoms with Gasteiger partial charge in [-0.3, -0.25) is 0 Å². The van der Waals surface area contributed by atoms with E-state index in [0.717, 1.165) is 18.5 Å². The van der Waals surface area contributed by atoms with Crippen LogP contribution in [0.3, 0.4) is 0 Å². The summed E-state index contributed by atoms with van der Waals surface area (Å²) in [6.45, 7) is 8.31. The molecule has 19 heavy (non-hydrogen) atoms. The van der Waals surface area contributed by atoms with Crippen LogP contribution >= 0.6 is 0 Å². The maximum atomic E-state index is 9.05. The average molecular weight is 268 g/mol. The molecule has 1 aliphatic carbocycles. The summed E-state index contributed by atoms with van der Waals surface area (Å²) in [5, 5.41) is 12.7. The van der Waals surface area contributed by atoms with Gasteiger partial charge < -0.3 is 15.3 Å². The number of likely N-dealkylation sites (tertiary alicyclic amines) is 1. The van der Waals surface area contributed by atoms with E-state index in [1.165, 1.54) is 51.6 Å². The Morgan fingerprint density at radius 1 is 1.21 bits per heavy atom. The van der Waals surface area contributed by atoms with Crippen LogP contribution in [-0.2, 0) is 0 Å². The molecule has 112 valence electrons. The van der Waals surface area contributed by atoms with Crippen molar-refractivity contribution < 1.29 is 5.11 Å². The maximum absolute atomic E-state index is 9.05. The number of piperidine rings is 1. The first kappa shape index (κ1) is 15.3. The minimum absolute atomic E-state index is 0.297. The zero-order valence-corrected chi connectivity index (χ0v) is 12.8. The van der Waals surface area contributed by atoms with Crippen LogP contribution in [0.25, 0.3) is 0 Å². The molecule has 0 aromatic carbocycles. The molecule has 1 saturated carbocycles. The number of nitrogens with one attached hydrogen (secondary N) is 1. The van der Waals surface area contributed by atoms with E-state index >= 15 is 0 Å². The Hall–Kier alpha value is -0.120. The van der Waals surface area contributed by atoms with Crippen molar-refractivity contribution >= 4 is 0 Å². The van der Waals surface area contributed by atoms with Gasteiger partial charge in [0.05, 0.1) is 0 Å². The number of nitrogens with zero attached hydrogens (tertiary/aromatic N) is 1. The van der Waals surface area contributed by atoms with Gasteiger partial charge in [-0.2, -0.15) is 0 Å². The Kier molecular flexibility index (Phi) is 6.11. The lowest BCUT2D eigenvalue weighted by atomic mass is 9.85. The van der Waals surface area contributed by atoms with Crippen LogP contribution < -0.4 is 5.32 Å². The van der Waals surface area contributed by atoms with Gasteiger partial charge in [-0.25, -0.2) is 0 Å². The highest BCUT2D eigenvalue weighted by Gasteiger charge is 2.28. The van der Waals surface area contributed by atoms with E-state index in [0.29, 0.717) is 18.6 Å². The molecule has 0 spiro atoms. The van der Waals surface area contributed by atoms with Gasteiger partial charge in [-0.05, 0) is 50.6 Å². The molecule has 2 N–H and O–H groups in total. The number of aliphatic hydroxyl groups is 1. The summed E-state index contributed by atoms with van der Waals surface area (Å²) >= 11 is 0. The van der Waals surface area contributed by atoms with Crippen LogP contribution in [0.2, 0.25) is 0 Å². The summed E-state index contributed by atoms with van der Waals surface area (Å²) in [4.78, 5) is 2.74. The number of rotatable bonds is 5. The molecule has 1 aliphatic heterocycles. The third kappa shape index (κ3) is 4.73. The number of hydrogen-bond donors (Lipinski definition) is 2. The predicted octanol–water partition coefficient (Wildman–Crippen LogP) is 2.25. The average Bonchev–Trinajstić information content (AvgIpc) is 2.45. The smallest absolute Gasteiger partial charge is 0.0468 e. The van der Waals surface area contributed by atoms with Crippen LogP contribution in [0.4, 0.5) is 0 Å². The molecule has 0 radical (unpaired) electrons. The fraction of sp³-hybridized carbons (Fsp3) is 1.00. The van der Waals surface area contributed by atoms with Gasteiger partial charge in [0.2, 0.25) is 0 Å². The van der Waals surface area contributed by atoms with Gasteiger partial charge in [-0.1, -0.05) is 26.7 Å². The highest BCUT2D eigenvalue weighted by atomic mass is 16.3. The van der Waals surface area contributed by atoms with Crippen LogP contribution in [0.15, 0.2) is 0 Å². The summed E-state index contributed by atoms with van der Waals surface area (Å²) < 4.78 is 0. The Balaban J connectivity index is 1.67. The largest absolute Gasteiger partial charge is 0.396 e. The molecule has 1 heterocycles. The van der Waals surface area contributed by atoms with Crippen LogP contribution in [-0.4, -0.2) is 48.3 Å². The second kappa shape index (κ2) is 7.61. The van der Waals surface area contributed by atoms with Crippen molar-refractivity contribution in [2.24, 2.45) is 11.8 Å². The lowest BCUT2D eigenvalue weighted by Gasteiger charge is -2.41. The highest BCUT2D eigenvalue weighted by Crippen LogP contribution is 2.29. The molecule has 2 aliphatic rings. The van der Waals surface area contributed by atoms with E-state index in [9.17, 15) is 0 Å². The van der Waals surface area contributed by atoms with E-state index in [4.69, 9.17) is 5.11 Å². The van der Waals surface area contributed by atoms with Crippen molar-refractivity contribution in [3.63, 3.8) is 0 Å². The van der Waals surface area contributed by atoms with Gasteiger partial charge >= 0.3 is 0 Å². The summed E-state index contributed by atoms with van der Waals surface area (Å²) in [5.74, 6) is 1.32. The summed E-state index contributed by atoms with van der Waals surface area (Å²) in [7, 11) is 0.